The average molecular weight is 373 g/mol. The van der Waals surface area contributed by atoms with Crippen LogP contribution in [-0.2, 0) is 6.54 Å². The van der Waals surface area contributed by atoms with Crippen LogP contribution in [0.5, 0.6) is 0 Å². The minimum Gasteiger partial charge on any atom is -0.319 e. The van der Waals surface area contributed by atoms with Crippen molar-refractivity contribution in [3.8, 4) is 0 Å². The van der Waals surface area contributed by atoms with E-state index in [0.29, 0.717) is 0 Å². The van der Waals surface area contributed by atoms with Gasteiger partial charge in [-0.1, -0.05) is 36.4 Å². The summed E-state index contributed by atoms with van der Waals surface area (Å²) in [4.78, 5) is 12.7. The van der Waals surface area contributed by atoms with Gasteiger partial charge in [0.1, 0.15) is 0 Å². The molecule has 136 valence electrons. The van der Waals surface area contributed by atoms with Crippen LogP contribution in [0, 0.1) is 10.1 Å². The number of nitrogens with one attached hydrogen (secondary N) is 1. The van der Waals surface area contributed by atoms with Crippen molar-refractivity contribution in [3.63, 3.8) is 0 Å². The van der Waals surface area contributed by atoms with Crippen LogP contribution < -0.4 is 5.43 Å². The summed E-state index contributed by atoms with van der Waals surface area (Å²) in [6.07, 6.45) is 0. The minimum atomic E-state index is -0.405. The molecule has 0 radical (unpaired) electrons. The average Bonchev–Trinajstić information content (AvgIpc) is 2.65. The SMILES string of the molecule is C=C(NN1CCN(Cc2ccccc2Cl)CC1)c1ccc([N+](=O)[O-])cc1. The van der Waals surface area contributed by atoms with Crippen LogP contribution >= 0.6 is 11.6 Å². The highest BCUT2D eigenvalue weighted by molar-refractivity contribution is 6.31. The summed E-state index contributed by atoms with van der Waals surface area (Å²) >= 11 is 6.24. The number of halogens is 1. The number of nitro benzene ring substituents is 1. The van der Waals surface area contributed by atoms with Gasteiger partial charge in [0.05, 0.1) is 4.92 Å². The first-order valence-electron chi connectivity index (χ1n) is 8.44. The summed E-state index contributed by atoms with van der Waals surface area (Å²) in [5, 5.41) is 13.7. The Morgan fingerprint density at radius 1 is 1.12 bits per heavy atom. The maximum absolute atomic E-state index is 10.7. The summed E-state index contributed by atoms with van der Waals surface area (Å²) in [6.45, 7) is 8.44. The van der Waals surface area contributed by atoms with Crippen LogP contribution in [-0.4, -0.2) is 41.0 Å². The van der Waals surface area contributed by atoms with Crippen molar-refractivity contribution < 1.29 is 4.92 Å². The number of non-ortho nitro benzene ring substituents is 1. The van der Waals surface area contributed by atoms with Gasteiger partial charge in [0.25, 0.3) is 5.69 Å². The minimum absolute atomic E-state index is 0.0785. The number of benzene rings is 2. The molecule has 1 aliphatic heterocycles. The lowest BCUT2D eigenvalue weighted by atomic mass is 10.1. The predicted octanol–water partition coefficient (Wildman–Crippen LogP) is 3.54. The molecule has 2 aromatic rings. The summed E-state index contributed by atoms with van der Waals surface area (Å²) < 4.78 is 0. The van der Waals surface area contributed by atoms with E-state index >= 15 is 0 Å². The Morgan fingerprint density at radius 3 is 2.38 bits per heavy atom. The van der Waals surface area contributed by atoms with E-state index in [9.17, 15) is 10.1 Å². The van der Waals surface area contributed by atoms with Crippen molar-refractivity contribution >= 4 is 23.0 Å². The second-order valence-electron chi connectivity index (χ2n) is 6.25. The van der Waals surface area contributed by atoms with Gasteiger partial charge in [-0.3, -0.25) is 15.0 Å². The molecule has 0 saturated carbocycles. The van der Waals surface area contributed by atoms with E-state index in [1.807, 2.05) is 18.2 Å². The second-order valence-corrected chi connectivity index (χ2v) is 6.66. The zero-order valence-electron chi connectivity index (χ0n) is 14.4. The molecule has 0 aromatic heterocycles. The highest BCUT2D eigenvalue weighted by atomic mass is 35.5. The fourth-order valence-electron chi connectivity index (χ4n) is 2.93. The second kappa shape index (κ2) is 8.31. The molecule has 0 bridgehead atoms. The fraction of sp³-hybridized carbons (Fsp3) is 0.263. The Balaban J connectivity index is 1.50. The molecule has 0 spiro atoms. The third-order valence-electron chi connectivity index (χ3n) is 4.44. The van der Waals surface area contributed by atoms with E-state index in [4.69, 9.17) is 11.6 Å². The number of hydrazine groups is 1. The molecule has 0 aliphatic carbocycles. The summed E-state index contributed by atoms with van der Waals surface area (Å²) in [7, 11) is 0. The van der Waals surface area contributed by atoms with Gasteiger partial charge in [-0.2, -0.15) is 0 Å². The maximum Gasteiger partial charge on any atom is 0.269 e. The Bertz CT molecular complexity index is 786. The molecular weight excluding hydrogens is 352 g/mol. The van der Waals surface area contributed by atoms with Crippen LogP contribution in [0.3, 0.4) is 0 Å². The number of piperazine rings is 1. The van der Waals surface area contributed by atoms with Gasteiger partial charge in [0.2, 0.25) is 0 Å². The Kier molecular flexibility index (Phi) is 5.88. The molecule has 2 aromatic carbocycles. The molecule has 1 fully saturated rings. The predicted molar refractivity (Wildman–Crippen MR) is 104 cm³/mol. The summed E-state index contributed by atoms with van der Waals surface area (Å²) in [6, 6.07) is 14.3. The molecule has 3 rings (SSSR count). The van der Waals surface area contributed by atoms with Crippen molar-refractivity contribution in [1.82, 2.24) is 15.3 Å². The highest BCUT2D eigenvalue weighted by Gasteiger charge is 2.18. The third-order valence-corrected chi connectivity index (χ3v) is 4.81. The quantitative estimate of drug-likeness (QED) is 0.620. The van der Waals surface area contributed by atoms with Gasteiger partial charge >= 0.3 is 0 Å². The number of nitrogens with zero attached hydrogens (tertiary/aromatic N) is 3. The van der Waals surface area contributed by atoms with Crippen LogP contribution in [0.15, 0.2) is 55.1 Å². The van der Waals surface area contributed by atoms with Crippen molar-refractivity contribution in [2.45, 2.75) is 6.54 Å². The van der Waals surface area contributed by atoms with Crippen molar-refractivity contribution in [3.05, 3.63) is 81.4 Å². The van der Waals surface area contributed by atoms with E-state index in [2.05, 4.69) is 28.0 Å². The monoisotopic (exact) mass is 372 g/mol. The molecule has 1 saturated heterocycles. The van der Waals surface area contributed by atoms with Gasteiger partial charge in [-0.05, 0) is 29.3 Å². The number of hydrogen-bond acceptors (Lipinski definition) is 5. The molecule has 1 aliphatic rings. The number of nitro groups is 1. The lowest BCUT2D eigenvalue weighted by Gasteiger charge is -2.35. The Hall–Kier alpha value is -2.41. The summed E-state index contributed by atoms with van der Waals surface area (Å²) in [5.74, 6) is 0. The smallest absolute Gasteiger partial charge is 0.269 e. The molecule has 1 N–H and O–H groups in total. The first kappa shape index (κ1) is 18.4. The van der Waals surface area contributed by atoms with Crippen molar-refractivity contribution in [2.24, 2.45) is 0 Å². The van der Waals surface area contributed by atoms with Gasteiger partial charge in [0, 0.05) is 55.6 Å². The van der Waals surface area contributed by atoms with Gasteiger partial charge in [-0.25, -0.2) is 5.01 Å². The molecule has 0 amide bonds. The molecule has 0 atom stereocenters. The molecule has 7 heteroatoms. The summed E-state index contributed by atoms with van der Waals surface area (Å²) in [5.41, 5.74) is 6.10. The zero-order chi connectivity index (χ0) is 18.5. The molecular formula is C19H21ClN4O2. The van der Waals surface area contributed by atoms with E-state index in [0.717, 1.165) is 54.6 Å². The van der Waals surface area contributed by atoms with E-state index < -0.39 is 4.92 Å². The normalized spacial score (nSPS) is 15.6. The standard InChI is InChI=1S/C19H21ClN4O2/c1-15(16-6-8-18(9-7-16)24(25)26)21-23-12-10-22(11-13-23)14-17-4-2-3-5-19(17)20/h2-9,21H,1,10-14H2. The first-order chi connectivity index (χ1) is 12.5. The number of hydrogen-bond donors (Lipinski definition) is 1. The van der Waals surface area contributed by atoms with Gasteiger partial charge < -0.3 is 5.43 Å². The number of rotatable bonds is 6. The van der Waals surface area contributed by atoms with Crippen LogP contribution in [0.2, 0.25) is 5.02 Å². The molecule has 1 heterocycles. The lowest BCUT2D eigenvalue weighted by Crippen LogP contribution is -2.50. The molecule has 26 heavy (non-hydrogen) atoms. The van der Waals surface area contributed by atoms with Crippen LogP contribution in [0.1, 0.15) is 11.1 Å². The van der Waals surface area contributed by atoms with Gasteiger partial charge in [0.15, 0.2) is 0 Å². The van der Waals surface area contributed by atoms with Crippen LogP contribution in [0.4, 0.5) is 5.69 Å². The van der Waals surface area contributed by atoms with Crippen molar-refractivity contribution in [2.75, 3.05) is 26.2 Å². The highest BCUT2D eigenvalue weighted by Crippen LogP contribution is 2.19. The third kappa shape index (κ3) is 4.60. The maximum atomic E-state index is 10.7. The van der Waals surface area contributed by atoms with Crippen molar-refractivity contribution in [1.29, 1.82) is 0 Å². The molecule has 6 nitrogen and oxygen atoms in total. The van der Waals surface area contributed by atoms with E-state index in [1.54, 1.807) is 12.1 Å². The fourth-order valence-corrected chi connectivity index (χ4v) is 3.12. The molecule has 0 unspecified atom stereocenters. The lowest BCUT2D eigenvalue weighted by molar-refractivity contribution is -0.384. The van der Waals surface area contributed by atoms with E-state index in [1.165, 1.54) is 12.1 Å². The zero-order valence-corrected chi connectivity index (χ0v) is 15.2. The topological polar surface area (TPSA) is 61.6 Å². The Morgan fingerprint density at radius 2 is 1.77 bits per heavy atom. The largest absolute Gasteiger partial charge is 0.319 e. The first-order valence-corrected chi connectivity index (χ1v) is 8.82. The Labute approximate surface area is 157 Å². The van der Waals surface area contributed by atoms with E-state index in [-0.39, 0.29) is 5.69 Å². The van der Waals surface area contributed by atoms with Gasteiger partial charge in [-0.15, -0.1) is 0 Å². The van der Waals surface area contributed by atoms with Crippen LogP contribution in [0.25, 0.3) is 5.70 Å².